The largest absolute Gasteiger partial charge is 0.385 e. The summed E-state index contributed by atoms with van der Waals surface area (Å²) in [7, 11) is 1.76. The van der Waals surface area contributed by atoms with Crippen molar-refractivity contribution in [1.29, 1.82) is 0 Å². The first-order chi connectivity index (χ1) is 9.27. The Balaban J connectivity index is 2.30. The molecule has 1 aromatic rings. The molecular formula is C16H27NOS. The number of methoxy groups -OCH3 is 1. The summed E-state index contributed by atoms with van der Waals surface area (Å²) in [6, 6.07) is 9.40. The standard InChI is InChI=1S/C16H27NOS/c1-4-11-17-14(2)15-7-9-16(10-8-15)19-13-6-5-12-18-3/h7-10,14,17H,4-6,11-13H2,1-3H3. The van der Waals surface area contributed by atoms with Crippen LogP contribution < -0.4 is 5.32 Å². The van der Waals surface area contributed by atoms with E-state index in [2.05, 4.69) is 43.4 Å². The summed E-state index contributed by atoms with van der Waals surface area (Å²) >= 11 is 1.93. The topological polar surface area (TPSA) is 21.3 Å². The molecule has 0 amide bonds. The maximum absolute atomic E-state index is 5.05. The molecule has 1 rings (SSSR count). The Hall–Kier alpha value is -0.510. The summed E-state index contributed by atoms with van der Waals surface area (Å²) in [5.41, 5.74) is 1.37. The summed E-state index contributed by atoms with van der Waals surface area (Å²) in [5, 5.41) is 3.51. The van der Waals surface area contributed by atoms with Gasteiger partial charge in [-0.3, -0.25) is 0 Å². The normalized spacial score (nSPS) is 12.6. The van der Waals surface area contributed by atoms with Gasteiger partial charge in [-0.1, -0.05) is 19.1 Å². The molecule has 3 heteroatoms. The van der Waals surface area contributed by atoms with Crippen molar-refractivity contribution >= 4 is 11.8 Å². The number of unbranched alkanes of at least 4 members (excludes halogenated alkanes) is 1. The van der Waals surface area contributed by atoms with E-state index in [0.29, 0.717) is 6.04 Å². The fourth-order valence-electron chi connectivity index (χ4n) is 1.87. The minimum absolute atomic E-state index is 0.445. The molecule has 1 N–H and O–H groups in total. The second kappa shape index (κ2) is 10.3. The Kier molecular flexibility index (Phi) is 8.97. The molecule has 2 nitrogen and oxygen atoms in total. The molecule has 1 unspecified atom stereocenters. The van der Waals surface area contributed by atoms with Gasteiger partial charge in [-0.15, -0.1) is 11.8 Å². The van der Waals surface area contributed by atoms with E-state index in [0.717, 1.165) is 19.6 Å². The number of rotatable bonds is 10. The van der Waals surface area contributed by atoms with Crippen molar-refractivity contribution in [2.75, 3.05) is 26.0 Å². The smallest absolute Gasteiger partial charge is 0.0462 e. The van der Waals surface area contributed by atoms with Crippen LogP contribution in [-0.4, -0.2) is 26.0 Å². The van der Waals surface area contributed by atoms with Gasteiger partial charge in [0, 0.05) is 24.7 Å². The van der Waals surface area contributed by atoms with Crippen LogP contribution in [0.2, 0.25) is 0 Å². The van der Waals surface area contributed by atoms with Crippen LogP contribution in [-0.2, 0) is 4.74 Å². The van der Waals surface area contributed by atoms with Crippen molar-refractivity contribution in [3.63, 3.8) is 0 Å². The predicted molar refractivity (Wildman–Crippen MR) is 85.0 cm³/mol. The zero-order valence-corrected chi connectivity index (χ0v) is 13.3. The van der Waals surface area contributed by atoms with Crippen LogP contribution >= 0.6 is 11.8 Å². The fraction of sp³-hybridized carbons (Fsp3) is 0.625. The van der Waals surface area contributed by atoms with Gasteiger partial charge in [-0.2, -0.15) is 0 Å². The van der Waals surface area contributed by atoms with Gasteiger partial charge in [0.25, 0.3) is 0 Å². The summed E-state index contributed by atoms with van der Waals surface area (Å²) < 4.78 is 5.05. The number of hydrogen-bond donors (Lipinski definition) is 1. The molecule has 0 radical (unpaired) electrons. The highest BCUT2D eigenvalue weighted by atomic mass is 32.2. The minimum Gasteiger partial charge on any atom is -0.385 e. The third-order valence-corrected chi connectivity index (χ3v) is 4.19. The molecule has 1 aromatic carbocycles. The maximum Gasteiger partial charge on any atom is 0.0462 e. The number of ether oxygens (including phenoxy) is 1. The molecule has 0 aliphatic heterocycles. The lowest BCUT2D eigenvalue weighted by molar-refractivity contribution is 0.194. The Morgan fingerprint density at radius 1 is 1.21 bits per heavy atom. The third-order valence-electron chi connectivity index (χ3n) is 3.09. The summed E-state index contributed by atoms with van der Waals surface area (Å²) in [4.78, 5) is 1.36. The first-order valence-electron chi connectivity index (χ1n) is 7.23. The zero-order valence-electron chi connectivity index (χ0n) is 12.4. The van der Waals surface area contributed by atoms with E-state index in [4.69, 9.17) is 4.74 Å². The van der Waals surface area contributed by atoms with Crippen LogP contribution in [0.5, 0.6) is 0 Å². The second-order valence-corrected chi connectivity index (χ2v) is 5.96. The highest BCUT2D eigenvalue weighted by molar-refractivity contribution is 7.99. The monoisotopic (exact) mass is 281 g/mol. The first-order valence-corrected chi connectivity index (χ1v) is 8.21. The maximum atomic E-state index is 5.05. The molecular weight excluding hydrogens is 254 g/mol. The molecule has 0 saturated carbocycles. The SMILES string of the molecule is CCCNC(C)c1ccc(SCCCCOC)cc1. The summed E-state index contributed by atoms with van der Waals surface area (Å²) in [6.07, 6.45) is 3.55. The van der Waals surface area contributed by atoms with Gasteiger partial charge in [0.2, 0.25) is 0 Å². The van der Waals surface area contributed by atoms with E-state index in [1.807, 2.05) is 11.8 Å². The van der Waals surface area contributed by atoms with Gasteiger partial charge in [-0.05, 0) is 56.2 Å². The average molecular weight is 281 g/mol. The van der Waals surface area contributed by atoms with E-state index in [1.54, 1.807) is 7.11 Å². The van der Waals surface area contributed by atoms with E-state index in [-0.39, 0.29) is 0 Å². The van der Waals surface area contributed by atoms with Gasteiger partial charge in [-0.25, -0.2) is 0 Å². The van der Waals surface area contributed by atoms with Gasteiger partial charge in [0.15, 0.2) is 0 Å². The van der Waals surface area contributed by atoms with Gasteiger partial charge in [0.05, 0.1) is 0 Å². The Morgan fingerprint density at radius 2 is 1.95 bits per heavy atom. The lowest BCUT2D eigenvalue weighted by Crippen LogP contribution is -2.19. The average Bonchev–Trinajstić information content (AvgIpc) is 2.45. The highest BCUT2D eigenvalue weighted by Gasteiger charge is 2.03. The Bertz CT molecular complexity index is 326. The van der Waals surface area contributed by atoms with Crippen molar-refractivity contribution in [1.82, 2.24) is 5.32 Å². The molecule has 0 bridgehead atoms. The van der Waals surface area contributed by atoms with Crippen molar-refractivity contribution in [2.24, 2.45) is 0 Å². The first kappa shape index (κ1) is 16.5. The zero-order chi connectivity index (χ0) is 13.9. The van der Waals surface area contributed by atoms with Crippen LogP contribution in [0.15, 0.2) is 29.2 Å². The Morgan fingerprint density at radius 3 is 2.58 bits per heavy atom. The van der Waals surface area contributed by atoms with E-state index < -0.39 is 0 Å². The van der Waals surface area contributed by atoms with E-state index in [9.17, 15) is 0 Å². The quantitative estimate of drug-likeness (QED) is 0.511. The van der Waals surface area contributed by atoms with Crippen LogP contribution in [0, 0.1) is 0 Å². The lowest BCUT2D eigenvalue weighted by Gasteiger charge is -2.14. The molecule has 19 heavy (non-hydrogen) atoms. The van der Waals surface area contributed by atoms with Crippen LogP contribution in [0.4, 0.5) is 0 Å². The number of nitrogens with one attached hydrogen (secondary N) is 1. The van der Waals surface area contributed by atoms with Crippen molar-refractivity contribution in [3.05, 3.63) is 29.8 Å². The van der Waals surface area contributed by atoms with E-state index >= 15 is 0 Å². The number of hydrogen-bond acceptors (Lipinski definition) is 3. The number of benzene rings is 1. The van der Waals surface area contributed by atoms with Crippen molar-refractivity contribution < 1.29 is 4.74 Å². The predicted octanol–water partition coefficient (Wildman–Crippen LogP) is 4.27. The van der Waals surface area contributed by atoms with Crippen LogP contribution in [0.3, 0.4) is 0 Å². The number of thioether (sulfide) groups is 1. The minimum atomic E-state index is 0.445. The molecule has 0 fully saturated rings. The van der Waals surface area contributed by atoms with Crippen LogP contribution in [0.25, 0.3) is 0 Å². The summed E-state index contributed by atoms with van der Waals surface area (Å²) in [6.45, 7) is 6.38. The van der Waals surface area contributed by atoms with Gasteiger partial charge < -0.3 is 10.1 Å². The third kappa shape index (κ3) is 7.00. The second-order valence-electron chi connectivity index (χ2n) is 4.79. The molecule has 0 aliphatic carbocycles. The molecule has 0 aliphatic rings. The van der Waals surface area contributed by atoms with Gasteiger partial charge in [0.1, 0.15) is 0 Å². The van der Waals surface area contributed by atoms with Crippen LogP contribution in [0.1, 0.15) is 44.7 Å². The van der Waals surface area contributed by atoms with E-state index in [1.165, 1.54) is 29.1 Å². The van der Waals surface area contributed by atoms with Gasteiger partial charge >= 0.3 is 0 Å². The molecule has 108 valence electrons. The highest BCUT2D eigenvalue weighted by Crippen LogP contribution is 2.22. The lowest BCUT2D eigenvalue weighted by atomic mass is 10.1. The molecule has 0 heterocycles. The molecule has 0 saturated heterocycles. The molecule has 0 spiro atoms. The van der Waals surface area contributed by atoms with Crippen molar-refractivity contribution in [3.8, 4) is 0 Å². The molecule has 1 atom stereocenters. The fourth-order valence-corrected chi connectivity index (χ4v) is 2.78. The molecule has 0 aromatic heterocycles. The van der Waals surface area contributed by atoms with Crippen molar-refractivity contribution in [2.45, 2.75) is 44.0 Å². The summed E-state index contributed by atoms with van der Waals surface area (Å²) in [5.74, 6) is 1.17. The Labute approximate surface area is 122 Å².